The zero-order chi connectivity index (χ0) is 51.7. The number of hydrogen-bond acceptors (Lipinski definition) is 9. The van der Waals surface area contributed by atoms with Crippen LogP contribution in [0, 0.1) is 0 Å². The van der Waals surface area contributed by atoms with E-state index in [4.69, 9.17) is 0 Å². The summed E-state index contributed by atoms with van der Waals surface area (Å²) >= 11 is 0. The fraction of sp³-hybridized carbons (Fsp3) is 0.944. The van der Waals surface area contributed by atoms with Gasteiger partial charge in [0.2, 0.25) is 0 Å². The predicted octanol–water partition coefficient (Wildman–Crippen LogP) is 10.7. The maximum atomic E-state index is 13.5. The summed E-state index contributed by atoms with van der Waals surface area (Å²) in [6.45, 7) is 0. The molecule has 0 rings (SSSR count). The average Bonchev–Trinajstić information content (AvgIpc) is 2.91. The van der Waals surface area contributed by atoms with E-state index < -0.39 is 110 Å². The molecule has 0 saturated heterocycles. The molecule has 378 valence electrons. The molecule has 0 aliphatic rings. The van der Waals surface area contributed by atoms with Crippen molar-refractivity contribution in [2.75, 3.05) is 0 Å². The number of rotatable bonds is 24. The second-order valence-corrected chi connectivity index (χ2v) is 9.86. The molecule has 0 aromatic rings. The van der Waals surface area contributed by atoms with Crippen molar-refractivity contribution in [2.45, 2.75) is 104 Å². The van der Waals surface area contributed by atoms with Crippen molar-refractivity contribution in [3.8, 4) is 0 Å². The standard InChI is InChI=1S/C18F36O9/c19-1(55)2(20,21)56-5(27,28)6(29,30)58-9(35,36)10(37,38)60-13(43,44)14(45,46)62-17(51,52)18(53,54)63-16(49,50)15(47,48)61-12(41,42)11(39,40)59-8(33,34)7(31,32)57-4(25,26)3(22,23)24. The molecule has 63 heavy (non-hydrogen) atoms. The molecular formula is C18F36O9. The number of hydrogen-bond donors (Lipinski definition) is 0. The zero-order valence-corrected chi connectivity index (χ0v) is 26.3. The molecular weight excluding hydrogens is 1040 g/mol. The lowest BCUT2D eigenvalue weighted by molar-refractivity contribution is -0.601. The maximum absolute atomic E-state index is 13.5. The first-order valence-corrected chi connectivity index (χ1v) is 12.5. The van der Waals surface area contributed by atoms with Crippen LogP contribution < -0.4 is 0 Å². The molecule has 0 amide bonds. The van der Waals surface area contributed by atoms with Crippen molar-refractivity contribution in [3.05, 3.63) is 0 Å². The van der Waals surface area contributed by atoms with Gasteiger partial charge in [0.25, 0.3) is 0 Å². The second-order valence-electron chi connectivity index (χ2n) is 9.86. The lowest BCUT2D eigenvalue weighted by Gasteiger charge is -2.37. The summed E-state index contributed by atoms with van der Waals surface area (Å²) in [4.78, 5) is 9.70. The van der Waals surface area contributed by atoms with Gasteiger partial charge >= 0.3 is 110 Å². The minimum atomic E-state index is -8.61. The molecule has 0 radical (unpaired) electrons. The van der Waals surface area contributed by atoms with Crippen LogP contribution in [0.3, 0.4) is 0 Å². The van der Waals surface area contributed by atoms with Gasteiger partial charge in [-0.25, -0.2) is 37.9 Å². The molecule has 0 aliphatic carbocycles. The molecule has 0 heterocycles. The lowest BCUT2D eigenvalue weighted by atomic mass is 10.4. The van der Waals surface area contributed by atoms with Crippen LogP contribution in [0.15, 0.2) is 0 Å². The van der Waals surface area contributed by atoms with Crippen molar-refractivity contribution in [1.29, 1.82) is 0 Å². The van der Waals surface area contributed by atoms with E-state index in [9.17, 15) is 163 Å². The number of ether oxygens (including phenoxy) is 8. The van der Waals surface area contributed by atoms with E-state index in [1.165, 1.54) is 4.74 Å². The summed E-state index contributed by atoms with van der Waals surface area (Å²) in [6.07, 6.45) is -139. The van der Waals surface area contributed by atoms with Gasteiger partial charge in [0, 0.05) is 0 Å². The van der Waals surface area contributed by atoms with Gasteiger partial charge in [0.1, 0.15) is 0 Å². The van der Waals surface area contributed by atoms with Gasteiger partial charge in [0.15, 0.2) is 0 Å². The quantitative estimate of drug-likeness (QED) is 0.0692. The number of carbonyl (C=O) groups excluding carboxylic acids is 1. The monoisotopic (exact) mass is 1040 g/mol. The minimum absolute atomic E-state index is 0.920. The van der Waals surface area contributed by atoms with Crippen molar-refractivity contribution in [2.24, 2.45) is 0 Å². The molecule has 0 fully saturated rings. The van der Waals surface area contributed by atoms with E-state index in [0.29, 0.717) is 0 Å². The Hall–Kier alpha value is -3.17. The Morgan fingerprint density at radius 3 is 0.429 bits per heavy atom. The van der Waals surface area contributed by atoms with Gasteiger partial charge in [-0.05, 0) is 0 Å². The van der Waals surface area contributed by atoms with E-state index in [1.807, 2.05) is 0 Å². The lowest BCUT2D eigenvalue weighted by Crippen LogP contribution is -2.63. The van der Waals surface area contributed by atoms with Gasteiger partial charge in [0.05, 0.1) is 0 Å². The first kappa shape index (κ1) is 59.8. The third-order valence-electron chi connectivity index (χ3n) is 4.98. The van der Waals surface area contributed by atoms with E-state index >= 15 is 0 Å². The largest absolute Gasteiger partial charge is 0.483 e. The molecule has 0 bridgehead atoms. The summed E-state index contributed by atoms with van der Waals surface area (Å²) in [6, 6.07) is -4.55. The van der Waals surface area contributed by atoms with E-state index in [2.05, 4.69) is 0 Å². The number of halogens is 36. The topological polar surface area (TPSA) is 90.9 Å². The molecule has 45 heteroatoms. The van der Waals surface area contributed by atoms with Gasteiger partial charge in [-0.3, -0.25) is 4.79 Å². The van der Waals surface area contributed by atoms with Crippen LogP contribution in [0.2, 0.25) is 0 Å². The van der Waals surface area contributed by atoms with Crippen molar-refractivity contribution >= 4 is 6.04 Å². The first-order valence-electron chi connectivity index (χ1n) is 12.5. The van der Waals surface area contributed by atoms with Gasteiger partial charge in [-0.15, -0.1) is 0 Å². The molecule has 0 spiro atoms. The number of carbonyl (C=O) groups is 1. The second kappa shape index (κ2) is 16.3. The molecule has 9 nitrogen and oxygen atoms in total. The van der Waals surface area contributed by atoms with Crippen LogP contribution in [0.4, 0.5) is 158 Å². The van der Waals surface area contributed by atoms with Crippen molar-refractivity contribution in [3.63, 3.8) is 0 Å². The first-order chi connectivity index (χ1) is 26.6. The highest BCUT2D eigenvalue weighted by molar-refractivity contribution is 5.74. The van der Waals surface area contributed by atoms with Crippen molar-refractivity contribution < 1.29 is 201 Å². The van der Waals surface area contributed by atoms with Gasteiger partial charge < -0.3 is 0 Å². The molecule has 0 saturated carbocycles. The highest BCUT2D eigenvalue weighted by Crippen LogP contribution is 2.56. The summed E-state index contributed by atoms with van der Waals surface area (Å²) < 4.78 is 480. The van der Waals surface area contributed by atoms with Gasteiger partial charge in [-0.1, -0.05) is 0 Å². The molecule has 0 unspecified atom stereocenters. The Bertz CT molecular complexity index is 1600. The molecule has 0 aliphatic heterocycles. The van der Waals surface area contributed by atoms with Crippen LogP contribution >= 0.6 is 0 Å². The van der Waals surface area contributed by atoms with Crippen LogP contribution in [0.5, 0.6) is 0 Å². The SMILES string of the molecule is O=C(F)C(F)(F)OC(F)(F)C(F)(F)OC(F)(F)C(F)(F)OC(F)(F)C(F)(F)OC(F)(F)C(F)(F)OC(F)(F)C(F)(F)OC(F)(F)C(F)(F)OC(F)(F)C(F)(F)OC(F)(F)C(F)(F)F. The van der Waals surface area contributed by atoms with E-state index in [-0.39, 0.29) is 0 Å². The van der Waals surface area contributed by atoms with Crippen LogP contribution in [-0.2, 0) is 42.7 Å². The molecule has 0 aromatic carbocycles. The molecule has 0 atom stereocenters. The van der Waals surface area contributed by atoms with Crippen molar-refractivity contribution in [1.82, 2.24) is 0 Å². The Kier molecular flexibility index (Phi) is 15.5. The third-order valence-corrected chi connectivity index (χ3v) is 4.98. The Morgan fingerprint density at radius 2 is 0.317 bits per heavy atom. The Labute approximate surface area is 312 Å². The molecule has 0 aromatic heterocycles. The van der Waals surface area contributed by atoms with Crippen LogP contribution in [0.1, 0.15) is 0 Å². The number of alkyl halides is 35. The third kappa shape index (κ3) is 12.6. The summed E-state index contributed by atoms with van der Waals surface area (Å²) in [5.41, 5.74) is 0. The van der Waals surface area contributed by atoms with Crippen LogP contribution in [0.25, 0.3) is 0 Å². The fourth-order valence-corrected chi connectivity index (χ4v) is 2.22. The predicted molar refractivity (Wildman–Crippen MR) is 100 cm³/mol. The van der Waals surface area contributed by atoms with Crippen LogP contribution in [-0.4, -0.2) is 110 Å². The Balaban J connectivity index is 6.50. The summed E-state index contributed by atoms with van der Waals surface area (Å²) in [5, 5.41) is 0. The highest BCUT2D eigenvalue weighted by atomic mass is 19.4. The van der Waals surface area contributed by atoms with E-state index in [1.54, 1.807) is 0 Å². The summed E-state index contributed by atoms with van der Waals surface area (Å²) in [7, 11) is 0. The Morgan fingerprint density at radius 1 is 0.206 bits per heavy atom. The molecule has 0 N–H and O–H groups in total. The minimum Gasteiger partial charge on any atom is -0.251 e. The zero-order valence-electron chi connectivity index (χ0n) is 26.3. The smallest absolute Gasteiger partial charge is 0.251 e. The fourth-order valence-electron chi connectivity index (χ4n) is 2.22. The highest BCUT2D eigenvalue weighted by Gasteiger charge is 2.82. The maximum Gasteiger partial charge on any atom is 0.483 e. The van der Waals surface area contributed by atoms with Gasteiger partial charge in [-0.2, -0.15) is 158 Å². The summed E-state index contributed by atoms with van der Waals surface area (Å²) in [5.74, 6) is 0. The average molecular weight is 1040 g/mol. The normalized spacial score (nSPS) is 16.5. The van der Waals surface area contributed by atoms with E-state index in [0.717, 1.165) is 33.2 Å².